The third kappa shape index (κ3) is 3.24. The van der Waals surface area contributed by atoms with Gasteiger partial charge in [-0.15, -0.1) is 11.6 Å². The Bertz CT molecular complexity index is 503. The van der Waals surface area contributed by atoms with Crippen LogP contribution in [0.15, 0.2) is 18.2 Å². The van der Waals surface area contributed by atoms with E-state index in [4.69, 9.17) is 16.3 Å². The van der Waals surface area contributed by atoms with Crippen LogP contribution in [0.3, 0.4) is 0 Å². The number of amides is 1. The van der Waals surface area contributed by atoms with Gasteiger partial charge >= 0.3 is 5.97 Å². The summed E-state index contributed by atoms with van der Waals surface area (Å²) in [7, 11) is 1.25. The second-order valence-corrected chi connectivity index (χ2v) is 4.70. The lowest BCUT2D eigenvalue weighted by atomic mass is 10.1. The highest BCUT2D eigenvalue weighted by Crippen LogP contribution is 2.20. The normalized spacial score (nSPS) is 14.6. The molecule has 102 valence electrons. The molecule has 0 saturated heterocycles. The summed E-state index contributed by atoms with van der Waals surface area (Å²) < 4.78 is 9.75. The number of esters is 1. The lowest BCUT2D eigenvalue weighted by Crippen LogP contribution is -2.34. The van der Waals surface area contributed by atoms with Gasteiger partial charge in [0.15, 0.2) is 0 Å². The predicted octanol–water partition coefficient (Wildman–Crippen LogP) is 1.23. The molecule has 1 aliphatic heterocycles. The molecule has 1 aromatic carbocycles. The number of carbonyl (C=O) groups is 2. The highest BCUT2D eigenvalue weighted by molar-refractivity contribution is 6.30. The molecular weight excluding hydrogens is 270 g/mol. The van der Waals surface area contributed by atoms with Gasteiger partial charge in [-0.25, -0.2) is 0 Å². The van der Waals surface area contributed by atoms with E-state index in [2.05, 4.69) is 10.1 Å². The van der Waals surface area contributed by atoms with Crippen molar-refractivity contribution in [1.29, 1.82) is 0 Å². The number of hydrogen-bond donors (Lipinski definition) is 1. The van der Waals surface area contributed by atoms with Crippen LogP contribution in [0.5, 0.6) is 0 Å². The van der Waals surface area contributed by atoms with Gasteiger partial charge in [0.25, 0.3) is 5.91 Å². The van der Waals surface area contributed by atoms with Crippen molar-refractivity contribution in [3.05, 3.63) is 34.9 Å². The number of halogens is 1. The Morgan fingerprint density at radius 3 is 2.89 bits per heavy atom. The van der Waals surface area contributed by atoms with Gasteiger partial charge < -0.3 is 14.8 Å². The van der Waals surface area contributed by atoms with Gasteiger partial charge in [0.05, 0.1) is 20.3 Å². The molecule has 0 radical (unpaired) electrons. The van der Waals surface area contributed by atoms with Crippen molar-refractivity contribution in [3.63, 3.8) is 0 Å². The van der Waals surface area contributed by atoms with Gasteiger partial charge in [0.2, 0.25) is 0 Å². The standard InChI is InChI=1S/C13H14ClNO4/c1-18-13(17)11(14)5-15-12(16)8-2-3-9-6-19-7-10(9)4-8/h2-4,11H,5-7H2,1H3,(H,15,16). The molecule has 1 aromatic rings. The monoisotopic (exact) mass is 283 g/mol. The summed E-state index contributed by atoms with van der Waals surface area (Å²) >= 11 is 5.75. The Balaban J connectivity index is 1.95. The fourth-order valence-electron chi connectivity index (χ4n) is 1.81. The minimum atomic E-state index is -0.883. The number of hydrogen-bond acceptors (Lipinski definition) is 4. The predicted molar refractivity (Wildman–Crippen MR) is 68.9 cm³/mol. The maximum Gasteiger partial charge on any atom is 0.325 e. The van der Waals surface area contributed by atoms with Crippen molar-refractivity contribution < 1.29 is 19.1 Å². The quantitative estimate of drug-likeness (QED) is 0.667. The number of benzene rings is 1. The van der Waals surface area contributed by atoms with Crippen LogP contribution in [0.1, 0.15) is 21.5 Å². The maximum atomic E-state index is 11.9. The molecule has 0 bridgehead atoms. The van der Waals surface area contributed by atoms with Crippen LogP contribution in [0.2, 0.25) is 0 Å². The topological polar surface area (TPSA) is 64.6 Å². The fraction of sp³-hybridized carbons (Fsp3) is 0.385. The second kappa shape index (κ2) is 6.04. The first-order chi connectivity index (χ1) is 9.11. The van der Waals surface area contributed by atoms with Crippen molar-refractivity contribution >= 4 is 23.5 Å². The van der Waals surface area contributed by atoms with Crippen LogP contribution >= 0.6 is 11.6 Å². The molecule has 1 amide bonds. The van der Waals surface area contributed by atoms with Crippen molar-refractivity contribution in [2.45, 2.75) is 18.6 Å². The Labute approximate surface area is 115 Å². The van der Waals surface area contributed by atoms with Crippen molar-refractivity contribution in [2.75, 3.05) is 13.7 Å². The number of ether oxygens (including phenoxy) is 2. The Morgan fingerprint density at radius 1 is 1.42 bits per heavy atom. The van der Waals surface area contributed by atoms with Gasteiger partial charge in [-0.1, -0.05) is 6.07 Å². The molecule has 2 rings (SSSR count). The van der Waals surface area contributed by atoms with E-state index in [1.807, 2.05) is 6.07 Å². The third-order valence-corrected chi connectivity index (χ3v) is 3.21. The summed E-state index contributed by atoms with van der Waals surface area (Å²) in [6, 6.07) is 5.39. The number of rotatable bonds is 4. The summed E-state index contributed by atoms with van der Waals surface area (Å²) in [5.74, 6) is -0.839. The molecule has 1 atom stereocenters. The van der Waals surface area contributed by atoms with E-state index in [1.54, 1.807) is 12.1 Å². The highest BCUT2D eigenvalue weighted by Gasteiger charge is 2.18. The zero-order valence-corrected chi connectivity index (χ0v) is 11.2. The van der Waals surface area contributed by atoms with Gasteiger partial charge in [0, 0.05) is 12.1 Å². The average molecular weight is 284 g/mol. The summed E-state index contributed by atoms with van der Waals surface area (Å²) in [4.78, 5) is 23.0. The molecule has 1 unspecified atom stereocenters. The van der Waals surface area contributed by atoms with Gasteiger partial charge in [-0.2, -0.15) is 0 Å². The SMILES string of the molecule is COC(=O)C(Cl)CNC(=O)c1ccc2c(c1)COC2. The molecule has 0 saturated carbocycles. The molecule has 5 nitrogen and oxygen atoms in total. The summed E-state index contributed by atoms with van der Waals surface area (Å²) in [5, 5.41) is 1.71. The summed E-state index contributed by atoms with van der Waals surface area (Å²) in [6.07, 6.45) is 0. The lowest BCUT2D eigenvalue weighted by molar-refractivity contribution is -0.140. The van der Waals surface area contributed by atoms with Crippen LogP contribution in [-0.4, -0.2) is 30.9 Å². The molecule has 0 fully saturated rings. The molecule has 1 N–H and O–H groups in total. The van der Waals surface area contributed by atoms with Crippen molar-refractivity contribution in [3.8, 4) is 0 Å². The maximum absolute atomic E-state index is 11.9. The third-order valence-electron chi connectivity index (χ3n) is 2.88. The number of methoxy groups -OCH3 is 1. The van der Waals surface area contributed by atoms with E-state index >= 15 is 0 Å². The zero-order valence-electron chi connectivity index (χ0n) is 10.4. The zero-order chi connectivity index (χ0) is 13.8. The van der Waals surface area contributed by atoms with E-state index in [9.17, 15) is 9.59 Å². The summed E-state index contributed by atoms with van der Waals surface area (Å²) in [6.45, 7) is 1.14. The molecule has 6 heteroatoms. The first-order valence-electron chi connectivity index (χ1n) is 5.81. The van der Waals surface area contributed by atoms with Crippen LogP contribution in [-0.2, 0) is 27.5 Å². The fourth-order valence-corrected chi connectivity index (χ4v) is 1.98. The number of nitrogens with one attached hydrogen (secondary N) is 1. The van der Waals surface area contributed by atoms with E-state index in [1.165, 1.54) is 7.11 Å². The minimum absolute atomic E-state index is 0.0284. The molecule has 0 aromatic heterocycles. The smallest absolute Gasteiger partial charge is 0.325 e. The van der Waals surface area contributed by atoms with E-state index in [0.717, 1.165) is 11.1 Å². The van der Waals surface area contributed by atoms with Gasteiger partial charge in [-0.05, 0) is 23.3 Å². The van der Waals surface area contributed by atoms with Crippen LogP contribution in [0.25, 0.3) is 0 Å². The first kappa shape index (κ1) is 13.8. The van der Waals surface area contributed by atoms with E-state index in [-0.39, 0.29) is 12.5 Å². The minimum Gasteiger partial charge on any atom is -0.468 e. The molecule has 19 heavy (non-hydrogen) atoms. The number of fused-ring (bicyclic) bond motifs is 1. The van der Waals surface area contributed by atoms with Gasteiger partial charge in [-0.3, -0.25) is 9.59 Å². The van der Waals surface area contributed by atoms with Crippen molar-refractivity contribution in [1.82, 2.24) is 5.32 Å². The Kier molecular flexibility index (Phi) is 4.39. The summed E-state index contributed by atoms with van der Waals surface area (Å²) in [5.41, 5.74) is 2.64. The average Bonchev–Trinajstić information content (AvgIpc) is 2.90. The molecular formula is C13H14ClNO4. The number of carbonyl (C=O) groups excluding carboxylic acids is 2. The van der Waals surface area contributed by atoms with Gasteiger partial charge in [0.1, 0.15) is 5.38 Å². The largest absolute Gasteiger partial charge is 0.468 e. The second-order valence-electron chi connectivity index (χ2n) is 4.18. The van der Waals surface area contributed by atoms with Crippen LogP contribution in [0, 0.1) is 0 Å². The Morgan fingerprint density at radius 2 is 2.16 bits per heavy atom. The molecule has 0 aliphatic carbocycles. The lowest BCUT2D eigenvalue weighted by Gasteiger charge is -2.09. The van der Waals surface area contributed by atoms with E-state index < -0.39 is 11.3 Å². The highest BCUT2D eigenvalue weighted by atomic mass is 35.5. The molecule has 1 heterocycles. The Hall–Kier alpha value is -1.59. The van der Waals surface area contributed by atoms with Crippen LogP contribution in [0.4, 0.5) is 0 Å². The molecule has 0 spiro atoms. The van der Waals surface area contributed by atoms with Crippen LogP contribution < -0.4 is 5.32 Å². The van der Waals surface area contributed by atoms with Crippen molar-refractivity contribution in [2.24, 2.45) is 0 Å². The molecule has 1 aliphatic rings. The number of alkyl halides is 1. The first-order valence-corrected chi connectivity index (χ1v) is 6.25. The van der Waals surface area contributed by atoms with E-state index in [0.29, 0.717) is 18.8 Å².